The van der Waals surface area contributed by atoms with Gasteiger partial charge in [0.25, 0.3) is 0 Å². The first-order chi connectivity index (χ1) is 8.13. The van der Waals surface area contributed by atoms with Crippen molar-refractivity contribution in [1.29, 1.82) is 0 Å². The maximum Gasteiger partial charge on any atom is 0.206 e. The molecule has 1 saturated carbocycles. The van der Waals surface area contributed by atoms with Gasteiger partial charge in [0.05, 0.1) is 7.11 Å². The first-order valence-corrected chi connectivity index (χ1v) is 5.90. The predicted molar refractivity (Wildman–Crippen MR) is 63.8 cm³/mol. The van der Waals surface area contributed by atoms with Crippen molar-refractivity contribution in [3.63, 3.8) is 0 Å². The fourth-order valence-corrected chi connectivity index (χ4v) is 2.70. The lowest BCUT2D eigenvalue weighted by molar-refractivity contribution is 0.358. The molecule has 2 rings (SSSR count). The molecular formula is C13H18FNO2. The summed E-state index contributed by atoms with van der Waals surface area (Å²) in [7, 11) is 1.39. The third-order valence-electron chi connectivity index (χ3n) is 3.80. The number of halogens is 1. The van der Waals surface area contributed by atoms with Crippen LogP contribution in [0.4, 0.5) is 4.39 Å². The van der Waals surface area contributed by atoms with Crippen LogP contribution in [0.15, 0.2) is 12.1 Å². The Kier molecular flexibility index (Phi) is 3.24. The van der Waals surface area contributed by atoms with E-state index in [1.807, 2.05) is 0 Å². The molecule has 1 fully saturated rings. The van der Waals surface area contributed by atoms with E-state index < -0.39 is 5.82 Å². The highest BCUT2D eigenvalue weighted by molar-refractivity contribution is 5.43. The van der Waals surface area contributed by atoms with E-state index in [2.05, 4.69) is 0 Å². The largest absolute Gasteiger partial charge is 0.505 e. The maximum atomic E-state index is 13.5. The zero-order chi connectivity index (χ0) is 12.5. The van der Waals surface area contributed by atoms with E-state index in [4.69, 9.17) is 10.5 Å². The number of hydrogen-bond donors (Lipinski definition) is 2. The van der Waals surface area contributed by atoms with Gasteiger partial charge in [-0.3, -0.25) is 0 Å². The molecule has 4 heteroatoms. The van der Waals surface area contributed by atoms with Crippen molar-refractivity contribution in [2.24, 2.45) is 5.73 Å². The first kappa shape index (κ1) is 12.2. The second kappa shape index (κ2) is 4.53. The fraction of sp³-hybridized carbons (Fsp3) is 0.538. The SMILES string of the molecule is COc1cc(C2(CN)CCCC2)cc(O)c1F. The van der Waals surface area contributed by atoms with Crippen LogP contribution in [0.25, 0.3) is 0 Å². The topological polar surface area (TPSA) is 55.5 Å². The zero-order valence-corrected chi connectivity index (χ0v) is 10.0. The van der Waals surface area contributed by atoms with E-state index in [0.717, 1.165) is 31.2 Å². The summed E-state index contributed by atoms with van der Waals surface area (Å²) in [5, 5.41) is 9.59. The second-order valence-corrected chi connectivity index (χ2v) is 4.70. The van der Waals surface area contributed by atoms with Gasteiger partial charge in [-0.05, 0) is 30.5 Å². The Morgan fingerprint density at radius 1 is 1.41 bits per heavy atom. The van der Waals surface area contributed by atoms with Gasteiger partial charge in [0, 0.05) is 12.0 Å². The van der Waals surface area contributed by atoms with Crippen molar-refractivity contribution < 1.29 is 14.2 Å². The maximum absolute atomic E-state index is 13.5. The summed E-state index contributed by atoms with van der Waals surface area (Å²) in [5.74, 6) is -0.986. The molecule has 0 spiro atoms. The monoisotopic (exact) mass is 239 g/mol. The molecule has 1 aromatic carbocycles. The van der Waals surface area contributed by atoms with Gasteiger partial charge in [0.1, 0.15) is 0 Å². The minimum atomic E-state index is -0.707. The van der Waals surface area contributed by atoms with Crippen molar-refractivity contribution >= 4 is 0 Å². The van der Waals surface area contributed by atoms with E-state index in [1.165, 1.54) is 13.2 Å². The second-order valence-electron chi connectivity index (χ2n) is 4.70. The minimum absolute atomic E-state index is 0.0831. The predicted octanol–water partition coefficient (Wildman–Crippen LogP) is 2.31. The summed E-state index contributed by atoms with van der Waals surface area (Å²) in [6, 6.07) is 3.14. The number of nitrogens with two attached hydrogens (primary N) is 1. The van der Waals surface area contributed by atoms with Crippen molar-refractivity contribution in [2.45, 2.75) is 31.1 Å². The van der Waals surface area contributed by atoms with Crippen LogP contribution in [0.1, 0.15) is 31.2 Å². The van der Waals surface area contributed by atoms with Crippen LogP contribution in [0.3, 0.4) is 0 Å². The number of methoxy groups -OCH3 is 1. The first-order valence-electron chi connectivity index (χ1n) is 5.90. The van der Waals surface area contributed by atoms with Crippen LogP contribution in [-0.4, -0.2) is 18.8 Å². The molecule has 0 aromatic heterocycles. The molecular weight excluding hydrogens is 221 g/mol. The highest BCUT2D eigenvalue weighted by atomic mass is 19.1. The average molecular weight is 239 g/mol. The molecule has 0 atom stereocenters. The summed E-state index contributed by atoms with van der Waals surface area (Å²) in [6.07, 6.45) is 4.21. The van der Waals surface area contributed by atoms with Gasteiger partial charge in [0.2, 0.25) is 5.82 Å². The normalized spacial score (nSPS) is 18.3. The number of phenols is 1. The summed E-state index contributed by atoms with van der Waals surface area (Å²) < 4.78 is 18.4. The van der Waals surface area contributed by atoms with Crippen LogP contribution >= 0.6 is 0 Å². The Morgan fingerprint density at radius 2 is 2.06 bits per heavy atom. The molecule has 3 N–H and O–H groups in total. The molecule has 0 heterocycles. The van der Waals surface area contributed by atoms with Gasteiger partial charge in [-0.2, -0.15) is 4.39 Å². The number of benzene rings is 1. The van der Waals surface area contributed by atoms with Crippen LogP contribution in [0.2, 0.25) is 0 Å². The van der Waals surface area contributed by atoms with E-state index in [0.29, 0.717) is 6.54 Å². The number of hydrogen-bond acceptors (Lipinski definition) is 3. The molecule has 17 heavy (non-hydrogen) atoms. The van der Waals surface area contributed by atoms with Gasteiger partial charge < -0.3 is 15.6 Å². The Labute approximate surface area is 100 Å². The minimum Gasteiger partial charge on any atom is -0.505 e. The van der Waals surface area contributed by atoms with Gasteiger partial charge >= 0.3 is 0 Å². The zero-order valence-electron chi connectivity index (χ0n) is 10.0. The Hall–Kier alpha value is -1.29. The number of ether oxygens (including phenoxy) is 1. The van der Waals surface area contributed by atoms with Gasteiger partial charge in [-0.1, -0.05) is 12.8 Å². The quantitative estimate of drug-likeness (QED) is 0.851. The summed E-state index contributed by atoms with van der Waals surface area (Å²) >= 11 is 0. The molecule has 3 nitrogen and oxygen atoms in total. The highest BCUT2D eigenvalue weighted by Gasteiger charge is 2.35. The van der Waals surface area contributed by atoms with Crippen LogP contribution in [0, 0.1) is 5.82 Å². The summed E-state index contributed by atoms with van der Waals surface area (Å²) in [5.41, 5.74) is 6.62. The molecule has 1 aliphatic carbocycles. The van der Waals surface area contributed by atoms with E-state index in [9.17, 15) is 9.50 Å². The summed E-state index contributed by atoms with van der Waals surface area (Å²) in [6.45, 7) is 0.515. The van der Waals surface area contributed by atoms with Crippen LogP contribution < -0.4 is 10.5 Å². The average Bonchev–Trinajstić information content (AvgIpc) is 2.82. The smallest absolute Gasteiger partial charge is 0.206 e. The van der Waals surface area contributed by atoms with Crippen LogP contribution in [0.5, 0.6) is 11.5 Å². The van der Waals surface area contributed by atoms with E-state index in [1.54, 1.807) is 6.07 Å². The third kappa shape index (κ3) is 1.97. The third-order valence-corrected chi connectivity index (χ3v) is 3.80. The molecule has 0 saturated heterocycles. The van der Waals surface area contributed by atoms with E-state index >= 15 is 0 Å². The van der Waals surface area contributed by atoms with Gasteiger partial charge in [-0.15, -0.1) is 0 Å². The standard InChI is InChI=1S/C13H18FNO2/c1-17-11-7-9(6-10(16)12(11)14)13(8-15)4-2-3-5-13/h6-7,16H,2-5,8,15H2,1H3. The van der Waals surface area contributed by atoms with Gasteiger partial charge in [0.15, 0.2) is 11.5 Å². The fourth-order valence-electron chi connectivity index (χ4n) is 2.70. The van der Waals surface area contributed by atoms with Crippen molar-refractivity contribution in [1.82, 2.24) is 0 Å². The molecule has 0 unspecified atom stereocenters. The number of aromatic hydroxyl groups is 1. The molecule has 1 aliphatic rings. The molecule has 0 radical (unpaired) electrons. The molecule has 0 bridgehead atoms. The van der Waals surface area contributed by atoms with Crippen molar-refractivity contribution in [3.8, 4) is 11.5 Å². The van der Waals surface area contributed by atoms with E-state index in [-0.39, 0.29) is 16.9 Å². The summed E-state index contributed by atoms with van der Waals surface area (Å²) in [4.78, 5) is 0. The number of rotatable bonds is 3. The lowest BCUT2D eigenvalue weighted by Gasteiger charge is -2.28. The Bertz CT molecular complexity index is 414. The van der Waals surface area contributed by atoms with Crippen molar-refractivity contribution in [2.75, 3.05) is 13.7 Å². The van der Waals surface area contributed by atoms with Crippen LogP contribution in [-0.2, 0) is 5.41 Å². The van der Waals surface area contributed by atoms with Gasteiger partial charge in [-0.25, -0.2) is 0 Å². The molecule has 0 aliphatic heterocycles. The Balaban J connectivity index is 2.48. The van der Waals surface area contributed by atoms with Crippen molar-refractivity contribution in [3.05, 3.63) is 23.5 Å². The molecule has 1 aromatic rings. The highest BCUT2D eigenvalue weighted by Crippen LogP contribution is 2.43. The Morgan fingerprint density at radius 3 is 2.59 bits per heavy atom. The number of phenolic OH excluding ortho intramolecular Hbond substituents is 1. The lowest BCUT2D eigenvalue weighted by atomic mass is 9.79. The lowest BCUT2D eigenvalue weighted by Crippen LogP contribution is -2.32. The molecule has 94 valence electrons. The molecule has 0 amide bonds.